The maximum Gasteiger partial charge on any atom is 0.0506 e. The molecule has 1 saturated heterocycles. The van der Waals surface area contributed by atoms with E-state index in [2.05, 4.69) is 48.3 Å². The maximum absolute atomic E-state index is 5.51. The monoisotopic (exact) mass is 290 g/mol. The van der Waals surface area contributed by atoms with Gasteiger partial charge in [-0.05, 0) is 43.0 Å². The average molecular weight is 290 g/mol. The summed E-state index contributed by atoms with van der Waals surface area (Å²) in [5.41, 5.74) is 2.78. The molecule has 1 N–H and O–H groups in total. The molecule has 1 aliphatic rings. The molecule has 21 heavy (non-hydrogen) atoms. The van der Waals surface area contributed by atoms with Gasteiger partial charge in [-0.1, -0.05) is 38.1 Å². The fourth-order valence-electron chi connectivity index (χ4n) is 2.86. The summed E-state index contributed by atoms with van der Waals surface area (Å²) in [5, 5.41) is 3.56. The second-order valence-corrected chi connectivity index (χ2v) is 5.99. The SMILES string of the molecule is CCN(CC)Cc1ccc(CNCC2CCCOC2)cc1. The minimum absolute atomic E-state index is 0.695. The molecule has 0 saturated carbocycles. The molecule has 0 amide bonds. The van der Waals surface area contributed by atoms with E-state index in [1.54, 1.807) is 0 Å². The lowest BCUT2D eigenvalue weighted by atomic mass is 10.0. The lowest BCUT2D eigenvalue weighted by molar-refractivity contribution is 0.0547. The minimum atomic E-state index is 0.695. The van der Waals surface area contributed by atoms with Crippen molar-refractivity contribution in [2.45, 2.75) is 39.8 Å². The summed E-state index contributed by atoms with van der Waals surface area (Å²) in [7, 11) is 0. The summed E-state index contributed by atoms with van der Waals surface area (Å²) in [6.07, 6.45) is 2.52. The zero-order chi connectivity index (χ0) is 14.9. The summed E-state index contributed by atoms with van der Waals surface area (Å²) in [6.45, 7) is 11.6. The number of hydrogen-bond donors (Lipinski definition) is 1. The van der Waals surface area contributed by atoms with E-state index in [0.29, 0.717) is 5.92 Å². The summed E-state index contributed by atoms with van der Waals surface area (Å²) >= 11 is 0. The van der Waals surface area contributed by atoms with Gasteiger partial charge in [-0.15, -0.1) is 0 Å². The van der Waals surface area contributed by atoms with Gasteiger partial charge in [-0.3, -0.25) is 4.90 Å². The van der Waals surface area contributed by atoms with E-state index in [0.717, 1.165) is 45.9 Å². The lowest BCUT2D eigenvalue weighted by Gasteiger charge is -2.22. The van der Waals surface area contributed by atoms with Gasteiger partial charge in [0.15, 0.2) is 0 Å². The Bertz CT molecular complexity index is 381. The minimum Gasteiger partial charge on any atom is -0.381 e. The zero-order valence-corrected chi connectivity index (χ0v) is 13.6. The molecule has 1 atom stereocenters. The van der Waals surface area contributed by atoms with Crippen LogP contribution < -0.4 is 5.32 Å². The Morgan fingerprint density at radius 2 is 1.86 bits per heavy atom. The molecule has 1 heterocycles. The van der Waals surface area contributed by atoms with Crippen molar-refractivity contribution in [3.8, 4) is 0 Å². The van der Waals surface area contributed by atoms with Gasteiger partial charge in [-0.25, -0.2) is 0 Å². The predicted octanol–water partition coefficient (Wildman–Crippen LogP) is 3.04. The molecule has 0 spiro atoms. The Balaban J connectivity index is 1.71. The molecule has 2 rings (SSSR count). The molecule has 3 heteroatoms. The maximum atomic E-state index is 5.51. The summed E-state index contributed by atoms with van der Waals surface area (Å²) in [4.78, 5) is 2.44. The number of nitrogens with zero attached hydrogens (tertiary/aromatic N) is 1. The van der Waals surface area contributed by atoms with Crippen LogP contribution in [0.2, 0.25) is 0 Å². The normalized spacial score (nSPS) is 19.1. The van der Waals surface area contributed by atoms with Crippen LogP contribution in [0.4, 0.5) is 0 Å². The molecular formula is C18H30N2O. The van der Waals surface area contributed by atoms with E-state index in [9.17, 15) is 0 Å². The predicted molar refractivity (Wildman–Crippen MR) is 88.3 cm³/mol. The number of hydrogen-bond acceptors (Lipinski definition) is 3. The molecule has 1 unspecified atom stereocenters. The van der Waals surface area contributed by atoms with Crippen LogP contribution in [0.15, 0.2) is 24.3 Å². The van der Waals surface area contributed by atoms with Crippen LogP contribution in [0.25, 0.3) is 0 Å². The topological polar surface area (TPSA) is 24.5 Å². The van der Waals surface area contributed by atoms with Crippen LogP contribution in [0.1, 0.15) is 37.8 Å². The molecule has 1 fully saturated rings. The highest BCUT2D eigenvalue weighted by Gasteiger charge is 2.12. The Kier molecular flexibility index (Phi) is 7.20. The van der Waals surface area contributed by atoms with Crippen molar-refractivity contribution in [3.05, 3.63) is 35.4 Å². The summed E-state index contributed by atoms with van der Waals surface area (Å²) in [5.74, 6) is 0.695. The molecule has 0 aliphatic carbocycles. The Labute approximate surface area is 129 Å². The molecule has 0 aromatic heterocycles. The van der Waals surface area contributed by atoms with Crippen molar-refractivity contribution in [1.29, 1.82) is 0 Å². The Morgan fingerprint density at radius 1 is 1.14 bits per heavy atom. The van der Waals surface area contributed by atoms with Crippen molar-refractivity contribution < 1.29 is 4.74 Å². The number of nitrogens with one attached hydrogen (secondary N) is 1. The first-order chi connectivity index (χ1) is 10.3. The van der Waals surface area contributed by atoms with E-state index < -0.39 is 0 Å². The van der Waals surface area contributed by atoms with Gasteiger partial charge in [0.1, 0.15) is 0 Å². The number of rotatable bonds is 8. The van der Waals surface area contributed by atoms with Crippen LogP contribution in [0.3, 0.4) is 0 Å². The van der Waals surface area contributed by atoms with Gasteiger partial charge < -0.3 is 10.1 Å². The quantitative estimate of drug-likeness (QED) is 0.796. The highest BCUT2D eigenvalue weighted by molar-refractivity contribution is 5.22. The second-order valence-electron chi connectivity index (χ2n) is 5.99. The summed E-state index contributed by atoms with van der Waals surface area (Å²) in [6, 6.07) is 9.03. The van der Waals surface area contributed by atoms with Crippen molar-refractivity contribution in [2.75, 3.05) is 32.8 Å². The fraction of sp³-hybridized carbons (Fsp3) is 0.667. The fourth-order valence-corrected chi connectivity index (χ4v) is 2.86. The third kappa shape index (κ3) is 5.77. The van der Waals surface area contributed by atoms with Crippen LogP contribution >= 0.6 is 0 Å². The first kappa shape index (κ1) is 16.5. The highest BCUT2D eigenvalue weighted by atomic mass is 16.5. The molecule has 1 aromatic carbocycles. The zero-order valence-electron chi connectivity index (χ0n) is 13.6. The molecule has 0 radical (unpaired) electrons. The second kappa shape index (κ2) is 9.19. The van der Waals surface area contributed by atoms with Crippen molar-refractivity contribution >= 4 is 0 Å². The molecular weight excluding hydrogens is 260 g/mol. The van der Waals surface area contributed by atoms with Crippen molar-refractivity contribution in [3.63, 3.8) is 0 Å². The molecule has 118 valence electrons. The molecule has 1 aliphatic heterocycles. The largest absolute Gasteiger partial charge is 0.381 e. The standard InChI is InChI=1S/C18H30N2O/c1-3-20(4-2)14-17-9-7-16(8-10-17)12-19-13-18-6-5-11-21-15-18/h7-10,18-19H,3-6,11-15H2,1-2H3. The number of ether oxygens (including phenoxy) is 1. The molecule has 1 aromatic rings. The highest BCUT2D eigenvalue weighted by Crippen LogP contribution is 2.13. The molecule has 3 nitrogen and oxygen atoms in total. The van der Waals surface area contributed by atoms with Gasteiger partial charge in [0.2, 0.25) is 0 Å². The third-order valence-corrected chi connectivity index (χ3v) is 4.34. The van der Waals surface area contributed by atoms with Crippen LogP contribution in [-0.4, -0.2) is 37.7 Å². The first-order valence-electron chi connectivity index (χ1n) is 8.40. The van der Waals surface area contributed by atoms with Crippen molar-refractivity contribution in [2.24, 2.45) is 5.92 Å². The van der Waals surface area contributed by atoms with Gasteiger partial charge in [0, 0.05) is 26.2 Å². The van der Waals surface area contributed by atoms with Crippen LogP contribution in [0.5, 0.6) is 0 Å². The average Bonchev–Trinajstić information content (AvgIpc) is 2.55. The van der Waals surface area contributed by atoms with Gasteiger partial charge >= 0.3 is 0 Å². The molecule has 0 bridgehead atoms. The van der Waals surface area contributed by atoms with E-state index in [1.165, 1.54) is 24.0 Å². The van der Waals surface area contributed by atoms with Crippen LogP contribution in [-0.2, 0) is 17.8 Å². The van der Waals surface area contributed by atoms with Gasteiger partial charge in [0.05, 0.1) is 6.61 Å². The smallest absolute Gasteiger partial charge is 0.0506 e. The Morgan fingerprint density at radius 3 is 2.48 bits per heavy atom. The van der Waals surface area contributed by atoms with E-state index in [-0.39, 0.29) is 0 Å². The first-order valence-corrected chi connectivity index (χ1v) is 8.40. The van der Waals surface area contributed by atoms with E-state index >= 15 is 0 Å². The van der Waals surface area contributed by atoms with Crippen LogP contribution in [0, 0.1) is 5.92 Å². The van der Waals surface area contributed by atoms with E-state index in [1.807, 2.05) is 0 Å². The summed E-state index contributed by atoms with van der Waals surface area (Å²) < 4.78 is 5.51. The van der Waals surface area contributed by atoms with Gasteiger partial charge in [0.25, 0.3) is 0 Å². The Hall–Kier alpha value is -0.900. The van der Waals surface area contributed by atoms with Crippen molar-refractivity contribution in [1.82, 2.24) is 10.2 Å². The van der Waals surface area contributed by atoms with E-state index in [4.69, 9.17) is 4.74 Å². The van der Waals surface area contributed by atoms with Gasteiger partial charge in [-0.2, -0.15) is 0 Å². The lowest BCUT2D eigenvalue weighted by Crippen LogP contribution is -2.28. The number of benzene rings is 1. The third-order valence-electron chi connectivity index (χ3n) is 4.34.